The Bertz CT molecular complexity index is 1180. The van der Waals surface area contributed by atoms with Crippen LogP contribution in [0.1, 0.15) is 64.8 Å². The summed E-state index contributed by atoms with van der Waals surface area (Å²) in [5, 5.41) is 0. The average molecular weight is 541 g/mol. The highest BCUT2D eigenvalue weighted by Gasteiger charge is 2.47. The summed E-state index contributed by atoms with van der Waals surface area (Å²) in [6.45, 7) is 6.62. The summed E-state index contributed by atoms with van der Waals surface area (Å²) in [6.07, 6.45) is 6.64. The van der Waals surface area contributed by atoms with Crippen LogP contribution in [0.15, 0.2) is 32.3 Å². The Morgan fingerprint density at radius 3 is 2.34 bits per heavy atom. The molecule has 1 aliphatic carbocycles. The lowest BCUT2D eigenvalue weighted by atomic mass is 9.79. The van der Waals surface area contributed by atoms with Crippen LogP contribution in [-0.4, -0.2) is 54.7 Å². The number of halogens is 4. The second-order valence-corrected chi connectivity index (χ2v) is 11.5. The van der Waals surface area contributed by atoms with Gasteiger partial charge in [0.25, 0.3) is 9.84 Å². The Balaban J connectivity index is 0.00000342. The van der Waals surface area contributed by atoms with E-state index in [9.17, 15) is 26.4 Å². The molecule has 35 heavy (non-hydrogen) atoms. The molecule has 1 aromatic heterocycles. The van der Waals surface area contributed by atoms with E-state index in [0.29, 0.717) is 18.9 Å². The molecule has 2 fully saturated rings. The third kappa shape index (κ3) is 5.42. The summed E-state index contributed by atoms with van der Waals surface area (Å²) in [4.78, 5) is 14.1. The summed E-state index contributed by atoms with van der Waals surface area (Å²) < 4.78 is 75.3. The third-order valence-electron chi connectivity index (χ3n) is 7.36. The lowest BCUT2D eigenvalue weighted by Gasteiger charge is -2.48. The van der Waals surface area contributed by atoms with Gasteiger partial charge in [-0.25, -0.2) is 13.2 Å². The molecular formula is C23H32ClF3N2O5S. The van der Waals surface area contributed by atoms with Gasteiger partial charge in [-0.15, -0.1) is 12.4 Å². The number of hydrogen-bond donors (Lipinski definition) is 0. The Morgan fingerprint density at radius 2 is 1.77 bits per heavy atom. The minimum atomic E-state index is -5.52. The first-order valence-electron chi connectivity index (χ1n) is 11.8. The van der Waals surface area contributed by atoms with Crippen LogP contribution in [0.2, 0.25) is 0 Å². The summed E-state index contributed by atoms with van der Waals surface area (Å²) in [5.41, 5.74) is -5.22. The zero-order chi connectivity index (χ0) is 24.7. The van der Waals surface area contributed by atoms with E-state index >= 15 is 0 Å². The summed E-state index contributed by atoms with van der Waals surface area (Å²) in [6, 6.07) is 2.55. The van der Waals surface area contributed by atoms with Crippen molar-refractivity contribution in [2.45, 2.75) is 86.9 Å². The molecule has 1 saturated carbocycles. The molecule has 2 aliphatic rings. The Kier molecular flexibility index (Phi) is 8.35. The smallest absolute Gasteiger partial charge is 0.408 e. The number of benzene rings is 1. The molecule has 12 heteroatoms. The van der Waals surface area contributed by atoms with Crippen molar-refractivity contribution in [3.05, 3.63) is 28.7 Å². The van der Waals surface area contributed by atoms with E-state index < -0.39 is 26.0 Å². The van der Waals surface area contributed by atoms with Crippen LogP contribution >= 0.6 is 12.4 Å². The fourth-order valence-corrected chi connectivity index (χ4v) is 6.09. The molecule has 0 spiro atoms. The van der Waals surface area contributed by atoms with E-state index in [-0.39, 0.29) is 35.1 Å². The van der Waals surface area contributed by atoms with Gasteiger partial charge in [0.1, 0.15) is 0 Å². The Labute approximate surface area is 208 Å². The predicted octanol–water partition coefficient (Wildman–Crippen LogP) is 5.07. The van der Waals surface area contributed by atoms with Gasteiger partial charge in [0.2, 0.25) is 0 Å². The molecular weight excluding hydrogens is 509 g/mol. The lowest BCUT2D eigenvalue weighted by molar-refractivity contribution is -0.0436. The van der Waals surface area contributed by atoms with Crippen LogP contribution in [0.3, 0.4) is 0 Å². The Hall–Kier alpha value is -1.56. The van der Waals surface area contributed by atoms with Crippen molar-refractivity contribution in [2.24, 2.45) is 0 Å². The van der Waals surface area contributed by atoms with E-state index in [0.717, 1.165) is 70.0 Å². The standard InChI is InChI=1S/C23H31F3N2O5S.ClH/c1-3-14-32-17-6-10-22(2,11-7-17)27-12-8-16(9-13-27)28-19-15-18(34(30,31)23(24,25)26)4-5-20(19)33-21(28)29;/h4-5,15-17H,3,6-14H2,1-2H3;1H. The minimum absolute atomic E-state index is 0. The highest BCUT2D eigenvalue weighted by molar-refractivity contribution is 7.92. The predicted molar refractivity (Wildman–Crippen MR) is 128 cm³/mol. The van der Waals surface area contributed by atoms with Crippen LogP contribution < -0.4 is 5.76 Å². The number of ether oxygens (including phenoxy) is 1. The highest BCUT2D eigenvalue weighted by atomic mass is 35.5. The van der Waals surface area contributed by atoms with Gasteiger partial charge in [-0.3, -0.25) is 9.47 Å². The van der Waals surface area contributed by atoms with Crippen LogP contribution in [0.5, 0.6) is 0 Å². The second kappa shape index (κ2) is 10.4. The summed E-state index contributed by atoms with van der Waals surface area (Å²) in [5.74, 6) is -0.685. The van der Waals surface area contributed by atoms with E-state index in [1.165, 1.54) is 4.57 Å². The SMILES string of the molecule is CCCOC1CCC(C)(N2CCC(n3c(=O)oc4ccc(S(=O)(=O)C(F)(F)F)cc43)CC2)CC1.Cl. The van der Waals surface area contributed by atoms with Crippen molar-refractivity contribution in [3.8, 4) is 0 Å². The monoisotopic (exact) mass is 540 g/mol. The van der Waals surface area contributed by atoms with Gasteiger partial charge in [-0.2, -0.15) is 13.2 Å². The molecule has 4 rings (SSSR count). The second-order valence-electron chi connectivity index (χ2n) is 9.60. The van der Waals surface area contributed by atoms with Crippen molar-refractivity contribution >= 4 is 33.3 Å². The first kappa shape index (κ1) is 28.0. The average Bonchev–Trinajstić information content (AvgIpc) is 3.13. The number of rotatable bonds is 6. The largest absolute Gasteiger partial charge is 0.501 e. The fourth-order valence-electron chi connectivity index (χ4n) is 5.30. The number of aromatic nitrogens is 1. The van der Waals surface area contributed by atoms with Crippen LogP contribution in [0.4, 0.5) is 13.2 Å². The summed E-state index contributed by atoms with van der Waals surface area (Å²) >= 11 is 0. The normalized spacial score (nSPS) is 25.0. The van der Waals surface area contributed by atoms with Crippen LogP contribution in [0.25, 0.3) is 11.1 Å². The van der Waals surface area contributed by atoms with Crippen molar-refractivity contribution in [1.82, 2.24) is 9.47 Å². The van der Waals surface area contributed by atoms with E-state index in [2.05, 4.69) is 18.7 Å². The van der Waals surface area contributed by atoms with Gasteiger partial charge in [-0.1, -0.05) is 6.92 Å². The summed E-state index contributed by atoms with van der Waals surface area (Å²) in [7, 11) is -5.52. The third-order valence-corrected chi connectivity index (χ3v) is 8.84. The van der Waals surface area contributed by atoms with Gasteiger partial charge in [0.05, 0.1) is 16.5 Å². The molecule has 1 aromatic carbocycles. The molecule has 198 valence electrons. The maximum absolute atomic E-state index is 13.0. The number of likely N-dealkylation sites (tertiary alicyclic amines) is 1. The van der Waals surface area contributed by atoms with E-state index in [1.807, 2.05) is 0 Å². The first-order valence-corrected chi connectivity index (χ1v) is 13.3. The maximum Gasteiger partial charge on any atom is 0.501 e. The first-order chi connectivity index (χ1) is 16.0. The maximum atomic E-state index is 13.0. The number of hydrogen-bond acceptors (Lipinski definition) is 6. The molecule has 7 nitrogen and oxygen atoms in total. The van der Waals surface area contributed by atoms with Gasteiger partial charge in [0.15, 0.2) is 5.58 Å². The van der Waals surface area contributed by atoms with Crippen LogP contribution in [0, 0.1) is 0 Å². The van der Waals surface area contributed by atoms with E-state index in [4.69, 9.17) is 9.15 Å². The molecule has 0 radical (unpaired) electrons. The van der Waals surface area contributed by atoms with Gasteiger partial charge in [-0.05, 0) is 70.1 Å². The van der Waals surface area contributed by atoms with Crippen molar-refractivity contribution in [3.63, 3.8) is 0 Å². The molecule has 0 atom stereocenters. The fraction of sp³-hybridized carbons (Fsp3) is 0.696. The topological polar surface area (TPSA) is 81.8 Å². The molecule has 0 amide bonds. The highest BCUT2D eigenvalue weighted by Crippen LogP contribution is 2.38. The van der Waals surface area contributed by atoms with Crippen molar-refractivity contribution in [1.29, 1.82) is 0 Å². The quantitative estimate of drug-likeness (QED) is 0.508. The zero-order valence-electron chi connectivity index (χ0n) is 19.8. The number of nitrogens with zero attached hydrogens (tertiary/aromatic N) is 2. The molecule has 0 bridgehead atoms. The number of fused-ring (bicyclic) bond motifs is 1. The minimum Gasteiger partial charge on any atom is -0.408 e. The number of alkyl halides is 3. The lowest BCUT2D eigenvalue weighted by Crippen LogP contribution is -2.53. The number of sulfone groups is 1. The molecule has 2 aromatic rings. The molecule has 1 saturated heterocycles. The number of piperidine rings is 1. The van der Waals surface area contributed by atoms with E-state index in [1.54, 1.807) is 0 Å². The Morgan fingerprint density at radius 1 is 1.14 bits per heavy atom. The molecule has 2 heterocycles. The molecule has 1 aliphatic heterocycles. The molecule has 0 unspecified atom stereocenters. The molecule has 0 N–H and O–H groups in total. The van der Waals surface area contributed by atoms with Crippen molar-refractivity contribution in [2.75, 3.05) is 19.7 Å². The van der Waals surface area contributed by atoms with Gasteiger partial charge >= 0.3 is 11.3 Å². The number of oxazole rings is 1. The van der Waals surface area contributed by atoms with Crippen LogP contribution in [-0.2, 0) is 14.6 Å². The van der Waals surface area contributed by atoms with Gasteiger partial charge < -0.3 is 9.15 Å². The van der Waals surface area contributed by atoms with Crippen molar-refractivity contribution < 1.29 is 30.7 Å². The van der Waals surface area contributed by atoms with Gasteiger partial charge in [0, 0.05) is 31.3 Å². The zero-order valence-corrected chi connectivity index (χ0v) is 21.5.